The van der Waals surface area contributed by atoms with Gasteiger partial charge in [-0.05, 0) is 29.2 Å². The van der Waals surface area contributed by atoms with Gasteiger partial charge in [-0.2, -0.15) is 0 Å². The van der Waals surface area contributed by atoms with Crippen molar-refractivity contribution in [2.75, 3.05) is 0 Å². The van der Waals surface area contributed by atoms with E-state index >= 15 is 0 Å². The SMILES string of the molecule is CC(C)[C@H](NC(=O)N[C@@H](C)c1cccc2ccccc12)C(=O)O. The summed E-state index contributed by atoms with van der Waals surface area (Å²) < 4.78 is 0. The Morgan fingerprint density at radius 1 is 0.957 bits per heavy atom. The minimum atomic E-state index is -1.03. The average molecular weight is 314 g/mol. The number of carboxylic acid groups (broad SMARTS) is 1. The molecule has 2 aromatic carbocycles. The number of carboxylic acids is 1. The van der Waals surface area contributed by atoms with Gasteiger partial charge in [-0.1, -0.05) is 56.3 Å². The van der Waals surface area contributed by atoms with Crippen molar-refractivity contribution in [1.82, 2.24) is 10.6 Å². The predicted octanol–water partition coefficient (Wildman–Crippen LogP) is 3.31. The van der Waals surface area contributed by atoms with Crippen molar-refractivity contribution in [1.29, 1.82) is 0 Å². The molecule has 0 saturated heterocycles. The van der Waals surface area contributed by atoms with Crippen LogP contribution in [-0.2, 0) is 4.79 Å². The van der Waals surface area contributed by atoms with Crippen molar-refractivity contribution in [3.8, 4) is 0 Å². The van der Waals surface area contributed by atoms with Gasteiger partial charge in [-0.25, -0.2) is 9.59 Å². The Hall–Kier alpha value is -2.56. The normalized spacial score (nSPS) is 13.6. The lowest BCUT2D eigenvalue weighted by Gasteiger charge is -2.21. The van der Waals surface area contributed by atoms with E-state index in [1.54, 1.807) is 13.8 Å². The molecule has 23 heavy (non-hydrogen) atoms. The average Bonchev–Trinajstić information content (AvgIpc) is 2.51. The Morgan fingerprint density at radius 2 is 1.61 bits per heavy atom. The second-order valence-electron chi connectivity index (χ2n) is 5.97. The fourth-order valence-corrected chi connectivity index (χ4v) is 2.60. The number of nitrogens with one attached hydrogen (secondary N) is 2. The molecule has 5 nitrogen and oxygen atoms in total. The molecule has 122 valence electrons. The van der Waals surface area contributed by atoms with E-state index in [4.69, 9.17) is 5.11 Å². The maximum atomic E-state index is 12.1. The first-order chi connectivity index (χ1) is 10.9. The van der Waals surface area contributed by atoms with E-state index < -0.39 is 18.0 Å². The lowest BCUT2D eigenvalue weighted by Crippen LogP contribution is -2.49. The molecular formula is C18H22N2O3. The maximum Gasteiger partial charge on any atom is 0.326 e. The standard InChI is InChI=1S/C18H22N2O3/c1-11(2)16(17(21)22)20-18(23)19-12(3)14-10-6-8-13-7-4-5-9-15(13)14/h4-12,16H,1-3H3,(H,21,22)(H2,19,20,23)/t12-,16-/m0/s1. The highest BCUT2D eigenvalue weighted by Crippen LogP contribution is 2.23. The highest BCUT2D eigenvalue weighted by molar-refractivity contribution is 5.87. The van der Waals surface area contributed by atoms with Gasteiger partial charge in [0, 0.05) is 0 Å². The molecule has 0 unspecified atom stereocenters. The number of hydrogen-bond donors (Lipinski definition) is 3. The molecule has 0 heterocycles. The van der Waals surface area contributed by atoms with Crippen LogP contribution in [0.25, 0.3) is 10.8 Å². The molecule has 0 aliphatic carbocycles. The maximum absolute atomic E-state index is 12.1. The van der Waals surface area contributed by atoms with E-state index in [2.05, 4.69) is 10.6 Å². The van der Waals surface area contributed by atoms with Crippen molar-refractivity contribution in [3.05, 3.63) is 48.0 Å². The van der Waals surface area contributed by atoms with Crippen LogP contribution in [0.15, 0.2) is 42.5 Å². The number of benzene rings is 2. The van der Waals surface area contributed by atoms with E-state index in [0.717, 1.165) is 16.3 Å². The Bertz CT molecular complexity index is 707. The van der Waals surface area contributed by atoms with Gasteiger partial charge >= 0.3 is 12.0 Å². The van der Waals surface area contributed by atoms with Gasteiger partial charge in [0.25, 0.3) is 0 Å². The summed E-state index contributed by atoms with van der Waals surface area (Å²) in [5.74, 6) is -1.22. The van der Waals surface area contributed by atoms with Crippen LogP contribution in [0.4, 0.5) is 4.79 Å². The summed E-state index contributed by atoms with van der Waals surface area (Å²) in [6, 6.07) is 12.3. The molecule has 0 bridgehead atoms. The predicted molar refractivity (Wildman–Crippen MR) is 90.3 cm³/mol. The van der Waals surface area contributed by atoms with Crippen molar-refractivity contribution >= 4 is 22.8 Å². The number of amides is 2. The van der Waals surface area contributed by atoms with Gasteiger partial charge in [0.2, 0.25) is 0 Å². The van der Waals surface area contributed by atoms with E-state index in [1.165, 1.54) is 0 Å². The van der Waals surface area contributed by atoms with Crippen LogP contribution in [0.3, 0.4) is 0 Å². The second-order valence-corrected chi connectivity index (χ2v) is 5.97. The van der Waals surface area contributed by atoms with Crippen molar-refractivity contribution < 1.29 is 14.7 Å². The zero-order valence-electron chi connectivity index (χ0n) is 13.5. The minimum Gasteiger partial charge on any atom is -0.480 e. The van der Waals surface area contributed by atoms with E-state index in [-0.39, 0.29) is 12.0 Å². The summed E-state index contributed by atoms with van der Waals surface area (Å²) in [5.41, 5.74) is 0.995. The van der Waals surface area contributed by atoms with Gasteiger partial charge in [0.15, 0.2) is 0 Å². The fraction of sp³-hybridized carbons (Fsp3) is 0.333. The number of carbonyl (C=O) groups is 2. The molecule has 0 fully saturated rings. The van der Waals surface area contributed by atoms with Gasteiger partial charge in [-0.15, -0.1) is 0 Å². The third-order valence-corrected chi connectivity index (χ3v) is 3.86. The number of urea groups is 1. The Labute approximate surface area is 135 Å². The van der Waals surface area contributed by atoms with Gasteiger partial charge in [0.05, 0.1) is 6.04 Å². The van der Waals surface area contributed by atoms with Gasteiger partial charge in [0.1, 0.15) is 6.04 Å². The zero-order valence-corrected chi connectivity index (χ0v) is 13.5. The summed E-state index contributed by atoms with van der Waals surface area (Å²) in [6.45, 7) is 5.40. The summed E-state index contributed by atoms with van der Waals surface area (Å²) in [6.07, 6.45) is 0. The molecule has 2 rings (SSSR count). The molecule has 0 aliphatic rings. The summed E-state index contributed by atoms with van der Waals surface area (Å²) >= 11 is 0. The molecule has 5 heteroatoms. The van der Waals surface area contributed by atoms with Crippen LogP contribution in [0.1, 0.15) is 32.4 Å². The first kappa shape index (κ1) is 16.8. The number of aliphatic carboxylic acids is 1. The first-order valence-electron chi connectivity index (χ1n) is 7.67. The van der Waals surface area contributed by atoms with E-state index in [0.29, 0.717) is 0 Å². The highest BCUT2D eigenvalue weighted by atomic mass is 16.4. The van der Waals surface area contributed by atoms with Crippen molar-refractivity contribution in [3.63, 3.8) is 0 Å². The third kappa shape index (κ3) is 4.00. The summed E-state index contributed by atoms with van der Waals surface area (Å²) in [7, 11) is 0. The first-order valence-corrected chi connectivity index (χ1v) is 7.67. The van der Waals surface area contributed by atoms with Crippen LogP contribution in [0.2, 0.25) is 0 Å². The lowest BCUT2D eigenvalue weighted by molar-refractivity contribution is -0.140. The lowest BCUT2D eigenvalue weighted by atomic mass is 10.00. The number of fused-ring (bicyclic) bond motifs is 1. The molecule has 0 spiro atoms. The zero-order chi connectivity index (χ0) is 17.0. The quantitative estimate of drug-likeness (QED) is 0.792. The fourth-order valence-electron chi connectivity index (χ4n) is 2.60. The summed E-state index contributed by atoms with van der Waals surface area (Å²) in [4.78, 5) is 23.3. The smallest absolute Gasteiger partial charge is 0.326 e. The number of carbonyl (C=O) groups excluding carboxylic acids is 1. The van der Waals surface area contributed by atoms with Crippen LogP contribution in [0, 0.1) is 5.92 Å². The molecule has 2 atom stereocenters. The Kier molecular flexibility index (Phi) is 5.21. The van der Waals surface area contributed by atoms with E-state index in [9.17, 15) is 9.59 Å². The summed E-state index contributed by atoms with van der Waals surface area (Å²) in [5, 5.41) is 16.6. The molecule has 2 aromatic rings. The molecule has 0 radical (unpaired) electrons. The largest absolute Gasteiger partial charge is 0.480 e. The van der Waals surface area contributed by atoms with Gasteiger partial charge in [-0.3, -0.25) is 0 Å². The third-order valence-electron chi connectivity index (χ3n) is 3.86. The second kappa shape index (κ2) is 7.13. The van der Waals surface area contributed by atoms with Crippen LogP contribution in [0.5, 0.6) is 0 Å². The number of hydrogen-bond acceptors (Lipinski definition) is 2. The van der Waals surface area contributed by atoms with Crippen LogP contribution in [-0.4, -0.2) is 23.1 Å². The number of rotatable bonds is 5. The van der Waals surface area contributed by atoms with Crippen LogP contribution >= 0.6 is 0 Å². The van der Waals surface area contributed by atoms with Crippen molar-refractivity contribution in [2.24, 2.45) is 5.92 Å². The molecule has 0 saturated carbocycles. The molecule has 0 aromatic heterocycles. The minimum absolute atomic E-state index is 0.189. The van der Waals surface area contributed by atoms with E-state index in [1.807, 2.05) is 49.4 Å². The highest BCUT2D eigenvalue weighted by Gasteiger charge is 2.24. The Balaban J connectivity index is 2.13. The monoisotopic (exact) mass is 314 g/mol. The van der Waals surface area contributed by atoms with Crippen LogP contribution < -0.4 is 10.6 Å². The molecular weight excluding hydrogens is 292 g/mol. The Morgan fingerprint density at radius 3 is 2.26 bits per heavy atom. The van der Waals surface area contributed by atoms with Crippen molar-refractivity contribution in [2.45, 2.75) is 32.9 Å². The molecule has 3 N–H and O–H groups in total. The van der Waals surface area contributed by atoms with Gasteiger partial charge < -0.3 is 15.7 Å². The molecule has 2 amide bonds. The molecule has 0 aliphatic heterocycles. The topological polar surface area (TPSA) is 78.4 Å².